The van der Waals surface area contributed by atoms with E-state index in [4.69, 9.17) is 27.9 Å². The summed E-state index contributed by atoms with van der Waals surface area (Å²) in [6, 6.07) is 18.4. The van der Waals surface area contributed by atoms with Crippen molar-refractivity contribution in [2.24, 2.45) is 5.92 Å². The third-order valence-electron chi connectivity index (χ3n) is 6.37. The van der Waals surface area contributed by atoms with E-state index in [1.807, 2.05) is 20.8 Å². The Kier molecular flexibility index (Phi) is 11.5. The summed E-state index contributed by atoms with van der Waals surface area (Å²) in [7, 11) is -2.68. The quantitative estimate of drug-likeness (QED) is 0.262. The molecule has 0 aliphatic rings. The molecule has 2 amide bonds. The van der Waals surface area contributed by atoms with Gasteiger partial charge < -0.3 is 15.0 Å². The minimum Gasteiger partial charge on any atom is -0.497 e. The molecule has 1 atom stereocenters. The molecule has 0 aliphatic heterocycles. The predicted octanol–water partition coefficient (Wildman–Crippen LogP) is 5.78. The molecule has 0 aliphatic carbocycles. The number of hydrogen-bond donors (Lipinski definition) is 1. The molecule has 3 aromatic carbocycles. The molecule has 0 radical (unpaired) electrons. The Balaban J connectivity index is 2.06. The lowest BCUT2D eigenvalue weighted by molar-refractivity contribution is -0.140. The monoisotopic (exact) mass is 619 g/mol. The average molecular weight is 621 g/mol. The van der Waals surface area contributed by atoms with Gasteiger partial charge in [0.1, 0.15) is 18.3 Å². The van der Waals surface area contributed by atoms with Crippen LogP contribution in [0.3, 0.4) is 0 Å². The van der Waals surface area contributed by atoms with Crippen LogP contribution in [0.1, 0.15) is 32.8 Å². The second kappa shape index (κ2) is 14.6. The molecule has 1 N–H and O–H groups in total. The van der Waals surface area contributed by atoms with E-state index in [1.165, 1.54) is 35.2 Å². The molecule has 0 saturated carbocycles. The maximum atomic E-state index is 14.1. The molecule has 220 valence electrons. The van der Waals surface area contributed by atoms with Crippen molar-refractivity contribution < 1.29 is 22.7 Å². The smallest absolute Gasteiger partial charge is 0.264 e. The van der Waals surface area contributed by atoms with Crippen molar-refractivity contribution in [2.75, 3.05) is 24.5 Å². The van der Waals surface area contributed by atoms with E-state index >= 15 is 0 Å². The fourth-order valence-corrected chi connectivity index (χ4v) is 6.20. The predicted molar refractivity (Wildman–Crippen MR) is 163 cm³/mol. The lowest BCUT2D eigenvalue weighted by atomic mass is 10.1. The van der Waals surface area contributed by atoms with Crippen molar-refractivity contribution in [1.82, 2.24) is 10.2 Å². The molecule has 3 rings (SSSR count). The van der Waals surface area contributed by atoms with Gasteiger partial charge in [0.05, 0.1) is 22.7 Å². The number of hydrogen-bond acceptors (Lipinski definition) is 5. The SMILES string of the molecule is CC[C@@H](C(=O)NCC(C)C)N(Cc1ccc(OC)cc1)C(=O)CN(c1ccc(Cl)cc1Cl)S(=O)(=O)c1ccccc1. The van der Waals surface area contributed by atoms with Gasteiger partial charge in [0.2, 0.25) is 11.8 Å². The minimum atomic E-state index is -4.23. The second-order valence-corrected chi connectivity index (χ2v) is 12.6. The summed E-state index contributed by atoms with van der Waals surface area (Å²) in [5.74, 6) is -0.0328. The fraction of sp³-hybridized carbons (Fsp3) is 0.333. The number of benzene rings is 3. The first-order valence-electron chi connectivity index (χ1n) is 13.2. The normalized spacial score (nSPS) is 12.1. The summed E-state index contributed by atoms with van der Waals surface area (Å²) < 4.78 is 34.0. The van der Waals surface area contributed by atoms with Crippen LogP contribution in [0.2, 0.25) is 10.0 Å². The Morgan fingerprint density at radius 2 is 1.63 bits per heavy atom. The van der Waals surface area contributed by atoms with Crippen LogP contribution >= 0.6 is 23.2 Å². The van der Waals surface area contributed by atoms with Gasteiger partial charge in [-0.2, -0.15) is 0 Å². The van der Waals surface area contributed by atoms with Gasteiger partial charge in [0.25, 0.3) is 10.0 Å². The number of rotatable bonds is 13. The number of amides is 2. The van der Waals surface area contributed by atoms with Gasteiger partial charge in [-0.1, -0.05) is 74.3 Å². The first-order valence-corrected chi connectivity index (χ1v) is 15.4. The minimum absolute atomic E-state index is 0.0118. The van der Waals surface area contributed by atoms with Crippen LogP contribution in [0.5, 0.6) is 5.75 Å². The number of carbonyl (C=O) groups is 2. The molecule has 11 heteroatoms. The standard InChI is InChI=1S/C30H35Cl2N3O5S/c1-5-27(30(37)33-18-21(2)3)34(19-22-11-14-24(40-4)15-12-22)29(36)20-35(28-16-13-23(31)17-26(28)32)41(38,39)25-9-7-6-8-10-25/h6-17,21,27H,5,18-20H2,1-4H3,(H,33,37)/t27-/m0/s1. The van der Waals surface area contributed by atoms with Crippen molar-refractivity contribution in [2.45, 2.75) is 44.7 Å². The molecule has 0 heterocycles. The van der Waals surface area contributed by atoms with Crippen molar-refractivity contribution in [3.8, 4) is 5.75 Å². The Bertz CT molecular complexity index is 1430. The third-order valence-corrected chi connectivity index (χ3v) is 8.68. The molecule has 41 heavy (non-hydrogen) atoms. The van der Waals surface area contributed by atoms with E-state index in [9.17, 15) is 18.0 Å². The molecule has 0 spiro atoms. The zero-order chi connectivity index (χ0) is 30.2. The third kappa shape index (κ3) is 8.38. The Morgan fingerprint density at radius 1 is 0.976 bits per heavy atom. The number of nitrogens with zero attached hydrogens (tertiary/aromatic N) is 2. The van der Waals surface area contributed by atoms with Gasteiger partial charge in [0, 0.05) is 18.1 Å². The van der Waals surface area contributed by atoms with E-state index < -0.39 is 28.5 Å². The topological polar surface area (TPSA) is 96.0 Å². The highest BCUT2D eigenvalue weighted by molar-refractivity contribution is 7.92. The number of sulfonamides is 1. The number of anilines is 1. The van der Waals surface area contributed by atoms with Gasteiger partial charge in [-0.25, -0.2) is 8.42 Å². The van der Waals surface area contributed by atoms with E-state index in [-0.39, 0.29) is 34.0 Å². The molecule has 0 saturated heterocycles. The summed E-state index contributed by atoms with van der Waals surface area (Å²) in [5.41, 5.74) is 0.839. The zero-order valence-corrected chi connectivity index (χ0v) is 25.8. The van der Waals surface area contributed by atoms with Crippen molar-refractivity contribution in [3.63, 3.8) is 0 Å². The summed E-state index contributed by atoms with van der Waals surface area (Å²) in [6.07, 6.45) is 0.318. The molecule has 0 fully saturated rings. The van der Waals surface area contributed by atoms with Crippen LogP contribution < -0.4 is 14.4 Å². The number of carbonyl (C=O) groups excluding carboxylic acids is 2. The molecule has 0 aromatic heterocycles. The van der Waals surface area contributed by atoms with Crippen LogP contribution in [0.15, 0.2) is 77.7 Å². The van der Waals surface area contributed by atoms with Gasteiger partial charge >= 0.3 is 0 Å². The fourth-order valence-electron chi connectivity index (χ4n) is 4.19. The van der Waals surface area contributed by atoms with Crippen molar-refractivity contribution >= 4 is 50.7 Å². The first-order chi connectivity index (χ1) is 19.5. The highest BCUT2D eigenvalue weighted by atomic mass is 35.5. The first kappa shape index (κ1) is 32.2. The Labute approximate surface area is 252 Å². The van der Waals surface area contributed by atoms with Gasteiger partial charge in [-0.3, -0.25) is 13.9 Å². The molecule has 8 nitrogen and oxygen atoms in total. The number of methoxy groups -OCH3 is 1. The van der Waals surface area contributed by atoms with E-state index in [0.717, 1.165) is 9.87 Å². The van der Waals surface area contributed by atoms with Gasteiger partial charge in [-0.05, 0) is 60.4 Å². The largest absolute Gasteiger partial charge is 0.497 e. The highest BCUT2D eigenvalue weighted by Crippen LogP contribution is 2.33. The van der Waals surface area contributed by atoms with Gasteiger partial charge in [0.15, 0.2) is 0 Å². The van der Waals surface area contributed by atoms with Crippen LogP contribution in [-0.2, 0) is 26.2 Å². The molecular formula is C30H35Cl2N3O5S. The summed E-state index contributed by atoms with van der Waals surface area (Å²) in [6.45, 7) is 5.68. The lowest BCUT2D eigenvalue weighted by Crippen LogP contribution is -2.52. The van der Waals surface area contributed by atoms with Crippen molar-refractivity contribution in [1.29, 1.82) is 0 Å². The number of halogens is 2. The second-order valence-electron chi connectivity index (χ2n) is 9.85. The van der Waals surface area contributed by atoms with Crippen LogP contribution in [0.25, 0.3) is 0 Å². The van der Waals surface area contributed by atoms with Crippen molar-refractivity contribution in [3.05, 3.63) is 88.4 Å². The Morgan fingerprint density at radius 3 is 2.20 bits per heavy atom. The molecular weight excluding hydrogens is 585 g/mol. The number of nitrogens with one attached hydrogen (secondary N) is 1. The van der Waals surface area contributed by atoms with Crippen LogP contribution in [0, 0.1) is 5.92 Å². The van der Waals surface area contributed by atoms with Crippen LogP contribution in [-0.4, -0.2) is 51.4 Å². The summed E-state index contributed by atoms with van der Waals surface area (Å²) >= 11 is 12.5. The zero-order valence-electron chi connectivity index (χ0n) is 23.5. The lowest BCUT2D eigenvalue weighted by Gasteiger charge is -2.33. The average Bonchev–Trinajstić information content (AvgIpc) is 2.95. The van der Waals surface area contributed by atoms with E-state index in [2.05, 4.69) is 5.32 Å². The Hall–Kier alpha value is -3.27. The maximum absolute atomic E-state index is 14.1. The summed E-state index contributed by atoms with van der Waals surface area (Å²) in [4.78, 5) is 28.8. The highest BCUT2D eigenvalue weighted by Gasteiger charge is 2.34. The van der Waals surface area contributed by atoms with E-state index in [0.29, 0.717) is 23.7 Å². The molecule has 0 bridgehead atoms. The molecule has 3 aromatic rings. The van der Waals surface area contributed by atoms with Crippen LogP contribution in [0.4, 0.5) is 5.69 Å². The number of ether oxygens (including phenoxy) is 1. The molecule has 0 unspecified atom stereocenters. The van der Waals surface area contributed by atoms with Gasteiger partial charge in [-0.15, -0.1) is 0 Å². The van der Waals surface area contributed by atoms with E-state index in [1.54, 1.807) is 49.6 Å². The summed E-state index contributed by atoms with van der Waals surface area (Å²) in [5, 5.41) is 3.29. The maximum Gasteiger partial charge on any atom is 0.264 e.